The lowest BCUT2D eigenvalue weighted by Gasteiger charge is -2.17. The normalized spacial score (nSPS) is 13.8. The van der Waals surface area contributed by atoms with E-state index in [0.29, 0.717) is 0 Å². The molecule has 17 heavy (non-hydrogen) atoms. The minimum absolute atomic E-state index is 0.0280. The Labute approximate surface area is 102 Å². The van der Waals surface area contributed by atoms with Gasteiger partial charge in [-0.3, -0.25) is 4.79 Å². The second-order valence-corrected chi connectivity index (χ2v) is 3.73. The summed E-state index contributed by atoms with van der Waals surface area (Å²) in [5.41, 5.74) is 0.0565. The largest absolute Gasteiger partial charge is 0.480 e. The quantitative estimate of drug-likeness (QED) is 0.675. The summed E-state index contributed by atoms with van der Waals surface area (Å²) in [4.78, 5) is 26.1. The predicted octanol–water partition coefficient (Wildman–Crippen LogP) is 0.299. The van der Waals surface area contributed by atoms with Crippen LogP contribution in [-0.4, -0.2) is 39.2 Å². The van der Waals surface area contributed by atoms with Crippen LogP contribution in [0, 0.1) is 0 Å². The van der Waals surface area contributed by atoms with E-state index in [9.17, 15) is 14.7 Å². The first-order valence-corrected chi connectivity index (χ1v) is 5.13. The van der Waals surface area contributed by atoms with Gasteiger partial charge in [0.1, 0.15) is 5.15 Å². The van der Waals surface area contributed by atoms with Crippen LogP contribution in [0.4, 0.5) is 0 Å². The van der Waals surface area contributed by atoms with E-state index in [1.165, 1.54) is 25.3 Å². The first-order chi connectivity index (χ1) is 7.93. The molecule has 0 fully saturated rings. The average Bonchev–Trinajstić information content (AvgIpc) is 2.25. The van der Waals surface area contributed by atoms with Crippen LogP contribution in [0.25, 0.3) is 0 Å². The standard InChI is InChI=1S/C10H11ClN2O4/c1-5(14)7(10(16)17)13-9(15)6-3-2-4-12-8(6)11/h2-5,7,14H,1H3,(H,13,15)(H,16,17)/t5-,7+/m1/s1. The Hall–Kier alpha value is -1.66. The number of nitrogens with zero attached hydrogens (tertiary/aromatic N) is 1. The van der Waals surface area contributed by atoms with Crippen molar-refractivity contribution in [2.24, 2.45) is 0 Å². The number of hydrogen-bond acceptors (Lipinski definition) is 4. The van der Waals surface area contributed by atoms with Crippen molar-refractivity contribution in [2.75, 3.05) is 0 Å². The number of hydrogen-bond donors (Lipinski definition) is 3. The van der Waals surface area contributed by atoms with Gasteiger partial charge in [0, 0.05) is 6.20 Å². The number of aliphatic hydroxyl groups is 1. The molecule has 0 saturated carbocycles. The van der Waals surface area contributed by atoms with Crippen molar-refractivity contribution in [1.29, 1.82) is 0 Å². The van der Waals surface area contributed by atoms with Crippen molar-refractivity contribution in [3.63, 3.8) is 0 Å². The predicted molar refractivity (Wildman–Crippen MR) is 59.8 cm³/mol. The monoisotopic (exact) mass is 258 g/mol. The third-order valence-electron chi connectivity index (χ3n) is 2.04. The molecule has 0 radical (unpaired) electrons. The van der Waals surface area contributed by atoms with E-state index < -0.39 is 24.0 Å². The molecule has 3 N–H and O–H groups in total. The Bertz CT molecular complexity index is 436. The van der Waals surface area contributed by atoms with E-state index >= 15 is 0 Å². The fourth-order valence-corrected chi connectivity index (χ4v) is 1.37. The second-order valence-electron chi connectivity index (χ2n) is 3.37. The lowest BCUT2D eigenvalue weighted by molar-refractivity contribution is -0.141. The van der Waals surface area contributed by atoms with Gasteiger partial charge in [-0.05, 0) is 19.1 Å². The highest BCUT2D eigenvalue weighted by Gasteiger charge is 2.26. The number of aliphatic hydroxyl groups excluding tert-OH is 1. The molecule has 1 heterocycles. The van der Waals surface area contributed by atoms with Gasteiger partial charge >= 0.3 is 5.97 Å². The maximum absolute atomic E-state index is 11.7. The van der Waals surface area contributed by atoms with Gasteiger partial charge in [0.2, 0.25) is 0 Å². The molecule has 0 saturated heterocycles. The van der Waals surface area contributed by atoms with Gasteiger partial charge in [0.05, 0.1) is 11.7 Å². The van der Waals surface area contributed by atoms with E-state index in [0.717, 1.165) is 0 Å². The molecule has 0 aromatic carbocycles. The van der Waals surface area contributed by atoms with Crippen LogP contribution in [0.3, 0.4) is 0 Å². The smallest absolute Gasteiger partial charge is 0.328 e. The summed E-state index contributed by atoms with van der Waals surface area (Å²) in [6, 6.07) is 1.52. The fourth-order valence-electron chi connectivity index (χ4n) is 1.16. The molecule has 2 atom stereocenters. The molecular formula is C10H11ClN2O4. The van der Waals surface area contributed by atoms with Crippen molar-refractivity contribution < 1.29 is 19.8 Å². The molecule has 0 spiro atoms. The lowest BCUT2D eigenvalue weighted by atomic mass is 10.1. The van der Waals surface area contributed by atoms with Crippen molar-refractivity contribution in [1.82, 2.24) is 10.3 Å². The van der Waals surface area contributed by atoms with Crippen LogP contribution in [-0.2, 0) is 4.79 Å². The molecule has 0 aliphatic rings. The number of carbonyl (C=O) groups excluding carboxylic acids is 1. The molecule has 0 bridgehead atoms. The van der Waals surface area contributed by atoms with Gasteiger partial charge in [0.15, 0.2) is 6.04 Å². The second kappa shape index (κ2) is 5.60. The number of aliphatic carboxylic acids is 1. The molecule has 6 nitrogen and oxygen atoms in total. The van der Waals surface area contributed by atoms with E-state index in [1.54, 1.807) is 0 Å². The zero-order valence-corrected chi connectivity index (χ0v) is 9.68. The number of pyridine rings is 1. The van der Waals surface area contributed by atoms with Crippen LogP contribution in [0.1, 0.15) is 17.3 Å². The van der Waals surface area contributed by atoms with Gasteiger partial charge < -0.3 is 15.5 Å². The molecule has 1 aromatic rings. The third-order valence-corrected chi connectivity index (χ3v) is 2.34. The summed E-state index contributed by atoms with van der Waals surface area (Å²) in [5.74, 6) is -2.02. The maximum Gasteiger partial charge on any atom is 0.328 e. The molecular weight excluding hydrogens is 248 g/mol. The van der Waals surface area contributed by atoms with Crippen molar-refractivity contribution in [3.05, 3.63) is 29.0 Å². The number of amides is 1. The molecule has 1 aromatic heterocycles. The molecule has 1 amide bonds. The van der Waals surface area contributed by atoms with Crippen LogP contribution >= 0.6 is 11.6 Å². The molecule has 0 aliphatic heterocycles. The van der Waals surface area contributed by atoms with Gasteiger partial charge in [-0.15, -0.1) is 0 Å². The van der Waals surface area contributed by atoms with Crippen molar-refractivity contribution in [2.45, 2.75) is 19.1 Å². The number of carboxylic acid groups (broad SMARTS) is 1. The number of rotatable bonds is 4. The van der Waals surface area contributed by atoms with Crippen LogP contribution in [0.5, 0.6) is 0 Å². The summed E-state index contributed by atoms with van der Waals surface area (Å²) in [6.07, 6.45) is 0.189. The van der Waals surface area contributed by atoms with Crippen molar-refractivity contribution in [3.8, 4) is 0 Å². The highest BCUT2D eigenvalue weighted by atomic mass is 35.5. The Kier molecular flexibility index (Phi) is 4.42. The topological polar surface area (TPSA) is 99.5 Å². The van der Waals surface area contributed by atoms with Gasteiger partial charge in [-0.2, -0.15) is 0 Å². The number of carbonyl (C=O) groups is 2. The zero-order valence-electron chi connectivity index (χ0n) is 8.92. The maximum atomic E-state index is 11.7. The molecule has 0 unspecified atom stereocenters. The number of nitrogens with one attached hydrogen (secondary N) is 1. The molecule has 0 aliphatic carbocycles. The summed E-state index contributed by atoms with van der Waals surface area (Å²) in [7, 11) is 0. The van der Waals surface area contributed by atoms with E-state index in [2.05, 4.69) is 10.3 Å². The van der Waals surface area contributed by atoms with Crippen molar-refractivity contribution >= 4 is 23.5 Å². The van der Waals surface area contributed by atoms with E-state index in [4.69, 9.17) is 16.7 Å². The summed E-state index contributed by atoms with van der Waals surface area (Å²) in [5, 5.41) is 20.1. The zero-order chi connectivity index (χ0) is 13.0. The minimum Gasteiger partial charge on any atom is -0.480 e. The summed E-state index contributed by atoms with van der Waals surface area (Å²) in [6.45, 7) is 1.27. The molecule has 7 heteroatoms. The minimum atomic E-state index is -1.39. The lowest BCUT2D eigenvalue weighted by Crippen LogP contribution is -2.47. The third kappa shape index (κ3) is 3.40. The van der Waals surface area contributed by atoms with Crippen LogP contribution < -0.4 is 5.32 Å². The van der Waals surface area contributed by atoms with E-state index in [1.807, 2.05) is 0 Å². The number of carboxylic acids is 1. The Morgan fingerprint density at radius 3 is 2.65 bits per heavy atom. The van der Waals surface area contributed by atoms with Gasteiger partial charge in [-0.1, -0.05) is 11.6 Å². The first-order valence-electron chi connectivity index (χ1n) is 4.75. The Morgan fingerprint density at radius 2 is 2.18 bits per heavy atom. The summed E-state index contributed by atoms with van der Waals surface area (Å²) >= 11 is 5.68. The van der Waals surface area contributed by atoms with Crippen LogP contribution in [0.15, 0.2) is 18.3 Å². The van der Waals surface area contributed by atoms with Crippen LogP contribution in [0.2, 0.25) is 5.15 Å². The first kappa shape index (κ1) is 13.4. The van der Waals surface area contributed by atoms with Gasteiger partial charge in [-0.25, -0.2) is 9.78 Å². The Morgan fingerprint density at radius 1 is 1.53 bits per heavy atom. The van der Waals surface area contributed by atoms with Gasteiger partial charge in [0.25, 0.3) is 5.91 Å². The highest BCUT2D eigenvalue weighted by Crippen LogP contribution is 2.11. The molecule has 1 rings (SSSR count). The van der Waals surface area contributed by atoms with E-state index in [-0.39, 0.29) is 10.7 Å². The number of halogens is 1. The highest BCUT2D eigenvalue weighted by molar-refractivity contribution is 6.32. The number of aromatic nitrogens is 1. The average molecular weight is 259 g/mol. The molecule has 92 valence electrons. The SMILES string of the molecule is C[C@@H](O)[C@H](NC(=O)c1cccnc1Cl)C(=O)O. The Balaban J connectivity index is 2.85. The fraction of sp³-hybridized carbons (Fsp3) is 0.300. The summed E-state index contributed by atoms with van der Waals surface area (Å²) < 4.78 is 0.